The van der Waals surface area contributed by atoms with Crippen LogP contribution in [0.3, 0.4) is 0 Å². The number of carbonyl (C=O) groups excluding carboxylic acids is 1. The maximum atomic E-state index is 12.7. The number of likely N-dealkylation sites (tertiary alicyclic amines) is 1. The number of alkyl halides is 1. The minimum Gasteiger partial charge on any atom is -0.365 e. The molecule has 0 saturated carbocycles. The molecule has 1 atom stereocenters. The summed E-state index contributed by atoms with van der Waals surface area (Å²) in [7, 11) is 0. The van der Waals surface area contributed by atoms with Crippen molar-refractivity contribution in [2.75, 3.05) is 26.3 Å². The number of fused-ring (bicyclic) bond motifs is 1. The standard InChI is InChI=1S/C17H25FN2O/c1-2-20-15-4-3-13(5-8-18)11-14(15)16(21)12-17(20)6-9-19-10-7-17/h4,11,13,19H,2-3,5-10,12H2,1H3/t13-/m1/s1. The number of ketones is 1. The van der Waals surface area contributed by atoms with Crippen LogP contribution in [-0.2, 0) is 4.79 Å². The van der Waals surface area contributed by atoms with E-state index in [1.165, 1.54) is 0 Å². The maximum Gasteiger partial charge on any atom is 0.166 e. The molecule has 1 N–H and O–H groups in total. The molecule has 2 aliphatic heterocycles. The van der Waals surface area contributed by atoms with Crippen LogP contribution in [0.25, 0.3) is 0 Å². The molecule has 3 nitrogen and oxygen atoms in total. The van der Waals surface area contributed by atoms with Crippen LogP contribution in [0.15, 0.2) is 23.4 Å². The normalized spacial score (nSPS) is 28.2. The van der Waals surface area contributed by atoms with Gasteiger partial charge in [-0.15, -0.1) is 0 Å². The molecule has 0 radical (unpaired) electrons. The van der Waals surface area contributed by atoms with E-state index in [1.54, 1.807) is 0 Å². The highest BCUT2D eigenvalue weighted by molar-refractivity contribution is 6.01. The lowest BCUT2D eigenvalue weighted by atomic mass is 9.74. The number of nitrogens with one attached hydrogen (secondary N) is 1. The zero-order valence-corrected chi connectivity index (χ0v) is 12.8. The molecule has 0 aromatic heterocycles. The fourth-order valence-electron chi connectivity index (χ4n) is 4.18. The van der Waals surface area contributed by atoms with Crippen molar-refractivity contribution in [2.45, 2.75) is 44.6 Å². The van der Waals surface area contributed by atoms with Crippen LogP contribution in [0.4, 0.5) is 4.39 Å². The lowest BCUT2D eigenvalue weighted by molar-refractivity contribution is -0.120. The van der Waals surface area contributed by atoms with Gasteiger partial charge >= 0.3 is 0 Å². The van der Waals surface area contributed by atoms with Gasteiger partial charge in [0.25, 0.3) is 0 Å². The van der Waals surface area contributed by atoms with Crippen LogP contribution >= 0.6 is 0 Å². The number of hydrogen-bond acceptors (Lipinski definition) is 3. The average molecular weight is 292 g/mol. The number of piperidine rings is 2. The molecule has 3 rings (SSSR count). The molecule has 21 heavy (non-hydrogen) atoms. The van der Waals surface area contributed by atoms with Crippen LogP contribution in [0.2, 0.25) is 0 Å². The van der Waals surface area contributed by atoms with E-state index in [1.807, 2.05) is 6.08 Å². The van der Waals surface area contributed by atoms with Crippen molar-refractivity contribution >= 4 is 5.78 Å². The fraction of sp³-hybridized carbons (Fsp3) is 0.706. The molecular formula is C17H25FN2O. The van der Waals surface area contributed by atoms with Crippen LogP contribution in [0.5, 0.6) is 0 Å². The van der Waals surface area contributed by atoms with Gasteiger partial charge in [0.05, 0.1) is 6.67 Å². The Labute approximate surface area is 126 Å². The third-order valence-electron chi connectivity index (χ3n) is 5.28. The summed E-state index contributed by atoms with van der Waals surface area (Å²) in [5.41, 5.74) is 1.98. The van der Waals surface area contributed by atoms with E-state index in [4.69, 9.17) is 0 Å². The minimum atomic E-state index is -0.307. The van der Waals surface area contributed by atoms with Gasteiger partial charge in [-0.3, -0.25) is 9.18 Å². The molecule has 1 spiro atoms. The first-order valence-corrected chi connectivity index (χ1v) is 8.20. The first kappa shape index (κ1) is 14.8. The second kappa shape index (κ2) is 5.91. The smallest absolute Gasteiger partial charge is 0.166 e. The van der Waals surface area contributed by atoms with Gasteiger partial charge in [0.2, 0.25) is 0 Å². The highest BCUT2D eigenvalue weighted by Gasteiger charge is 2.46. The summed E-state index contributed by atoms with van der Waals surface area (Å²) in [6.07, 6.45) is 8.29. The summed E-state index contributed by atoms with van der Waals surface area (Å²) in [4.78, 5) is 15.1. The second-order valence-electron chi connectivity index (χ2n) is 6.46. The molecule has 4 heteroatoms. The van der Waals surface area contributed by atoms with Gasteiger partial charge in [0, 0.05) is 29.8 Å². The van der Waals surface area contributed by atoms with Crippen molar-refractivity contribution in [3.8, 4) is 0 Å². The van der Waals surface area contributed by atoms with Crippen LogP contribution < -0.4 is 5.32 Å². The van der Waals surface area contributed by atoms with Gasteiger partial charge in [-0.2, -0.15) is 0 Å². The van der Waals surface area contributed by atoms with Crippen molar-refractivity contribution in [1.82, 2.24) is 10.2 Å². The molecule has 0 aromatic rings. The lowest BCUT2D eigenvalue weighted by Crippen LogP contribution is -2.58. The summed E-state index contributed by atoms with van der Waals surface area (Å²) in [5, 5.41) is 3.40. The van der Waals surface area contributed by atoms with Crippen molar-refractivity contribution in [3.05, 3.63) is 23.4 Å². The van der Waals surface area contributed by atoms with Crippen LogP contribution in [-0.4, -0.2) is 42.5 Å². The SMILES string of the molecule is CCN1C2=CC[C@H](CCF)C=C2C(=O)CC12CCNCC2. The van der Waals surface area contributed by atoms with Gasteiger partial charge in [-0.25, -0.2) is 0 Å². The van der Waals surface area contributed by atoms with Crippen LogP contribution in [0.1, 0.15) is 39.0 Å². The minimum absolute atomic E-state index is 0.00713. The Balaban J connectivity index is 1.91. The van der Waals surface area contributed by atoms with Crippen molar-refractivity contribution in [1.29, 1.82) is 0 Å². The summed E-state index contributed by atoms with van der Waals surface area (Å²) < 4.78 is 12.6. The largest absolute Gasteiger partial charge is 0.365 e. The van der Waals surface area contributed by atoms with Crippen molar-refractivity contribution in [2.24, 2.45) is 5.92 Å². The van der Waals surface area contributed by atoms with E-state index in [0.717, 1.165) is 50.2 Å². The molecule has 1 aliphatic carbocycles. The van der Waals surface area contributed by atoms with Gasteiger partial charge in [0.1, 0.15) is 0 Å². The van der Waals surface area contributed by atoms with Gasteiger partial charge in [-0.1, -0.05) is 12.2 Å². The Morgan fingerprint density at radius 2 is 2.19 bits per heavy atom. The second-order valence-corrected chi connectivity index (χ2v) is 6.46. The van der Waals surface area contributed by atoms with Crippen molar-refractivity contribution < 1.29 is 9.18 Å². The van der Waals surface area contributed by atoms with E-state index in [2.05, 4.69) is 23.2 Å². The van der Waals surface area contributed by atoms with Crippen molar-refractivity contribution in [3.63, 3.8) is 0 Å². The zero-order chi connectivity index (χ0) is 14.9. The summed E-state index contributed by atoms with van der Waals surface area (Å²) >= 11 is 0. The van der Waals surface area contributed by atoms with E-state index >= 15 is 0 Å². The predicted molar refractivity (Wildman–Crippen MR) is 81.7 cm³/mol. The first-order chi connectivity index (χ1) is 10.2. The first-order valence-electron chi connectivity index (χ1n) is 8.20. The summed E-state index contributed by atoms with van der Waals surface area (Å²) in [6, 6.07) is 0. The number of rotatable bonds is 3. The Hall–Kier alpha value is -1.16. The third-order valence-corrected chi connectivity index (χ3v) is 5.28. The summed E-state index contributed by atoms with van der Waals surface area (Å²) in [5.74, 6) is 0.454. The Morgan fingerprint density at radius 3 is 2.86 bits per heavy atom. The highest BCUT2D eigenvalue weighted by Crippen LogP contribution is 2.43. The molecule has 2 saturated heterocycles. The number of hydrogen-bond donors (Lipinski definition) is 1. The Bertz CT molecular complexity index is 477. The maximum absolute atomic E-state index is 12.7. The monoisotopic (exact) mass is 292 g/mol. The fourth-order valence-corrected chi connectivity index (χ4v) is 4.18. The number of allylic oxidation sites excluding steroid dienone is 3. The van der Waals surface area contributed by atoms with E-state index in [-0.39, 0.29) is 23.9 Å². The van der Waals surface area contributed by atoms with Crippen LogP contribution in [0, 0.1) is 5.92 Å². The lowest BCUT2D eigenvalue weighted by Gasteiger charge is -2.52. The van der Waals surface area contributed by atoms with E-state index in [9.17, 15) is 9.18 Å². The number of Topliss-reactive ketones (excluding diaryl/α,β-unsaturated/α-hetero) is 1. The molecule has 2 fully saturated rings. The topological polar surface area (TPSA) is 32.3 Å². The van der Waals surface area contributed by atoms with Gasteiger partial charge < -0.3 is 10.2 Å². The molecule has 0 aromatic carbocycles. The number of nitrogens with zero attached hydrogens (tertiary/aromatic N) is 1. The third kappa shape index (κ3) is 2.54. The highest BCUT2D eigenvalue weighted by atomic mass is 19.1. The predicted octanol–water partition coefficient (Wildman–Crippen LogP) is 2.59. The van der Waals surface area contributed by atoms with Gasteiger partial charge in [-0.05, 0) is 51.6 Å². The molecule has 0 unspecified atom stereocenters. The quantitative estimate of drug-likeness (QED) is 0.868. The molecule has 116 valence electrons. The molecule has 0 bridgehead atoms. The molecule has 0 amide bonds. The Morgan fingerprint density at radius 1 is 1.43 bits per heavy atom. The molecular weight excluding hydrogens is 267 g/mol. The number of likely N-dealkylation sites (N-methyl/N-ethyl adjacent to an activating group) is 1. The zero-order valence-electron chi connectivity index (χ0n) is 12.8. The van der Waals surface area contributed by atoms with Gasteiger partial charge in [0.15, 0.2) is 5.78 Å². The average Bonchev–Trinajstić information content (AvgIpc) is 2.49. The molecule has 3 aliphatic rings. The van der Waals surface area contributed by atoms with E-state index in [0.29, 0.717) is 12.8 Å². The Kier molecular flexibility index (Phi) is 4.16. The molecule has 2 heterocycles. The number of halogens is 1. The number of carbonyl (C=O) groups is 1. The summed E-state index contributed by atoms with van der Waals surface area (Å²) in [6.45, 7) is 4.77. The van der Waals surface area contributed by atoms with E-state index < -0.39 is 0 Å².